The maximum Gasteiger partial charge on any atom is 0.241 e. The van der Waals surface area contributed by atoms with Crippen molar-refractivity contribution < 1.29 is 12.8 Å². The summed E-state index contributed by atoms with van der Waals surface area (Å²) < 4.78 is 40.3. The van der Waals surface area contributed by atoms with Crippen LogP contribution in [-0.2, 0) is 10.0 Å². The zero-order valence-corrected chi connectivity index (χ0v) is 11.9. The molecule has 1 fully saturated rings. The third-order valence-corrected chi connectivity index (χ3v) is 5.26. The summed E-state index contributed by atoms with van der Waals surface area (Å²) >= 11 is 0. The van der Waals surface area contributed by atoms with Crippen LogP contribution >= 0.6 is 0 Å². The Morgan fingerprint density at radius 1 is 1.32 bits per heavy atom. The van der Waals surface area contributed by atoms with E-state index in [2.05, 4.69) is 4.72 Å². The van der Waals surface area contributed by atoms with Crippen molar-refractivity contribution in [2.24, 2.45) is 11.7 Å². The van der Waals surface area contributed by atoms with Crippen LogP contribution in [0.2, 0.25) is 0 Å². The lowest BCUT2D eigenvalue weighted by atomic mass is 9.81. The van der Waals surface area contributed by atoms with Gasteiger partial charge in [-0.15, -0.1) is 0 Å². The summed E-state index contributed by atoms with van der Waals surface area (Å²) in [4.78, 5) is 0.178. The van der Waals surface area contributed by atoms with E-state index in [1.54, 1.807) is 13.8 Å². The fourth-order valence-electron chi connectivity index (χ4n) is 2.57. The van der Waals surface area contributed by atoms with Crippen molar-refractivity contribution in [2.75, 3.05) is 6.54 Å². The molecular formula is C13H19FN2O2S. The second-order valence-corrected chi connectivity index (χ2v) is 7.02. The van der Waals surface area contributed by atoms with E-state index in [9.17, 15) is 12.8 Å². The molecule has 106 valence electrons. The minimum atomic E-state index is -3.58. The van der Waals surface area contributed by atoms with Crippen molar-refractivity contribution in [2.45, 2.75) is 37.6 Å². The molecule has 0 unspecified atom stereocenters. The highest BCUT2D eigenvalue weighted by atomic mass is 32.2. The number of nitrogens with two attached hydrogens (primary N) is 1. The third-order valence-electron chi connectivity index (χ3n) is 3.53. The minimum absolute atomic E-state index is 0.178. The SMILES string of the molecule is Cc1cc(F)cc(C)c1S(=O)(=O)NCC1CC(N)C1. The van der Waals surface area contributed by atoms with E-state index in [1.807, 2.05) is 0 Å². The van der Waals surface area contributed by atoms with Crippen molar-refractivity contribution in [3.05, 3.63) is 29.1 Å². The fourth-order valence-corrected chi connectivity index (χ4v) is 4.14. The van der Waals surface area contributed by atoms with Gasteiger partial charge in [-0.1, -0.05) is 0 Å². The summed E-state index contributed by atoms with van der Waals surface area (Å²) in [5.74, 6) is -0.107. The van der Waals surface area contributed by atoms with E-state index < -0.39 is 15.8 Å². The second kappa shape index (κ2) is 5.19. The van der Waals surface area contributed by atoms with Gasteiger partial charge in [0, 0.05) is 12.6 Å². The van der Waals surface area contributed by atoms with Crippen LogP contribution in [0.3, 0.4) is 0 Å². The maximum atomic E-state index is 13.2. The van der Waals surface area contributed by atoms with Crippen molar-refractivity contribution in [3.8, 4) is 0 Å². The number of halogens is 1. The molecule has 1 saturated carbocycles. The number of sulfonamides is 1. The Kier molecular flexibility index (Phi) is 3.94. The standard InChI is InChI=1S/C13H19FN2O2S/c1-8-3-11(14)4-9(2)13(8)19(17,18)16-7-10-5-12(15)6-10/h3-4,10,12,16H,5-7,15H2,1-2H3. The van der Waals surface area contributed by atoms with E-state index in [0.717, 1.165) is 12.8 Å². The molecule has 0 amide bonds. The predicted octanol–water partition coefficient (Wildman–Crippen LogP) is 1.46. The molecule has 1 aromatic rings. The molecule has 1 aliphatic carbocycles. The monoisotopic (exact) mass is 286 g/mol. The highest BCUT2D eigenvalue weighted by Crippen LogP contribution is 2.26. The number of rotatable bonds is 4. The summed E-state index contributed by atoms with van der Waals surface area (Å²) in [6.45, 7) is 3.60. The fraction of sp³-hybridized carbons (Fsp3) is 0.538. The van der Waals surface area contributed by atoms with Gasteiger partial charge < -0.3 is 5.73 Å². The van der Waals surface area contributed by atoms with Crippen molar-refractivity contribution >= 4 is 10.0 Å². The lowest BCUT2D eigenvalue weighted by molar-refractivity contribution is 0.267. The molecule has 19 heavy (non-hydrogen) atoms. The lowest BCUT2D eigenvalue weighted by Crippen LogP contribution is -2.42. The molecule has 0 atom stereocenters. The van der Waals surface area contributed by atoms with E-state index >= 15 is 0 Å². The summed E-state index contributed by atoms with van der Waals surface area (Å²) in [6, 6.07) is 2.67. The molecule has 2 rings (SSSR count). The molecule has 0 aromatic heterocycles. The zero-order chi connectivity index (χ0) is 14.2. The van der Waals surface area contributed by atoms with Crippen LogP contribution in [0.1, 0.15) is 24.0 Å². The number of nitrogens with one attached hydrogen (secondary N) is 1. The molecule has 1 aromatic carbocycles. The summed E-state index contributed by atoms with van der Waals surface area (Å²) in [5, 5.41) is 0. The molecule has 1 aliphatic rings. The quantitative estimate of drug-likeness (QED) is 0.880. The van der Waals surface area contributed by atoms with Gasteiger partial charge in [0.1, 0.15) is 5.82 Å². The third kappa shape index (κ3) is 3.13. The van der Waals surface area contributed by atoms with Crippen molar-refractivity contribution in [1.82, 2.24) is 4.72 Å². The minimum Gasteiger partial charge on any atom is -0.328 e. The van der Waals surface area contributed by atoms with E-state index in [0.29, 0.717) is 23.6 Å². The number of aryl methyl sites for hydroxylation is 2. The Bertz CT molecular complexity index is 557. The average Bonchev–Trinajstić information content (AvgIpc) is 2.20. The summed E-state index contributed by atoms with van der Waals surface area (Å²) in [7, 11) is -3.58. The Morgan fingerprint density at radius 2 is 1.84 bits per heavy atom. The maximum absolute atomic E-state index is 13.2. The summed E-state index contributed by atoms with van der Waals surface area (Å²) in [5.41, 5.74) is 6.52. The molecule has 0 radical (unpaired) electrons. The van der Waals surface area contributed by atoms with Gasteiger partial charge in [-0.3, -0.25) is 0 Å². The second-order valence-electron chi connectivity index (χ2n) is 5.32. The number of hydrogen-bond donors (Lipinski definition) is 2. The van der Waals surface area contributed by atoms with Crippen molar-refractivity contribution in [3.63, 3.8) is 0 Å². The molecule has 3 N–H and O–H groups in total. The first-order valence-electron chi connectivity index (χ1n) is 6.31. The van der Waals surface area contributed by atoms with Gasteiger partial charge in [0.2, 0.25) is 10.0 Å². The van der Waals surface area contributed by atoms with Gasteiger partial charge in [-0.05, 0) is 55.9 Å². The molecule has 4 nitrogen and oxygen atoms in total. The Morgan fingerprint density at radius 3 is 2.32 bits per heavy atom. The van der Waals surface area contributed by atoms with Gasteiger partial charge in [0.15, 0.2) is 0 Å². The van der Waals surface area contributed by atoms with Gasteiger partial charge in [0.25, 0.3) is 0 Å². The van der Waals surface area contributed by atoms with Gasteiger partial charge in [-0.25, -0.2) is 17.5 Å². The van der Waals surface area contributed by atoms with Crippen molar-refractivity contribution in [1.29, 1.82) is 0 Å². The molecule has 0 saturated heterocycles. The van der Waals surface area contributed by atoms with Gasteiger partial charge >= 0.3 is 0 Å². The van der Waals surface area contributed by atoms with E-state index in [-0.39, 0.29) is 10.9 Å². The van der Waals surface area contributed by atoms with E-state index in [4.69, 9.17) is 5.73 Å². The first kappa shape index (κ1) is 14.4. The molecule has 0 heterocycles. The average molecular weight is 286 g/mol. The molecule has 0 aliphatic heterocycles. The van der Waals surface area contributed by atoms with E-state index in [1.165, 1.54) is 12.1 Å². The molecule has 6 heteroatoms. The molecule has 0 bridgehead atoms. The van der Waals surface area contributed by atoms with Gasteiger partial charge in [-0.2, -0.15) is 0 Å². The number of hydrogen-bond acceptors (Lipinski definition) is 3. The first-order valence-corrected chi connectivity index (χ1v) is 7.80. The lowest BCUT2D eigenvalue weighted by Gasteiger charge is -2.32. The predicted molar refractivity (Wildman–Crippen MR) is 71.8 cm³/mol. The first-order chi connectivity index (χ1) is 8.79. The normalized spacial score (nSPS) is 23.2. The van der Waals surface area contributed by atoms with Crippen LogP contribution in [-0.4, -0.2) is 21.0 Å². The molecular weight excluding hydrogens is 267 g/mol. The van der Waals surface area contributed by atoms with Crippen LogP contribution in [0.25, 0.3) is 0 Å². The smallest absolute Gasteiger partial charge is 0.241 e. The molecule has 0 spiro atoms. The number of benzene rings is 1. The Labute approximate surface area is 113 Å². The van der Waals surface area contributed by atoms with Crippen LogP contribution in [0, 0.1) is 25.6 Å². The largest absolute Gasteiger partial charge is 0.328 e. The highest BCUT2D eigenvalue weighted by Gasteiger charge is 2.28. The topological polar surface area (TPSA) is 72.2 Å². The van der Waals surface area contributed by atoms with Crippen LogP contribution < -0.4 is 10.5 Å². The van der Waals surface area contributed by atoms with Crippen LogP contribution in [0.5, 0.6) is 0 Å². The van der Waals surface area contributed by atoms with Crippen LogP contribution in [0.4, 0.5) is 4.39 Å². The Hall–Kier alpha value is -0.980. The zero-order valence-electron chi connectivity index (χ0n) is 11.1. The van der Waals surface area contributed by atoms with Crippen LogP contribution in [0.15, 0.2) is 17.0 Å². The van der Waals surface area contributed by atoms with Gasteiger partial charge in [0.05, 0.1) is 4.90 Å². The Balaban J connectivity index is 2.15. The summed E-state index contributed by atoms with van der Waals surface area (Å²) in [6.07, 6.45) is 1.70. The highest BCUT2D eigenvalue weighted by molar-refractivity contribution is 7.89.